The molecule has 0 saturated carbocycles. The maximum absolute atomic E-state index is 12.4. The predicted octanol–water partition coefficient (Wildman–Crippen LogP) is 4.74. The Morgan fingerprint density at radius 3 is 2.15 bits per heavy atom. The number of hydrogen-bond acceptors (Lipinski definition) is 1. The van der Waals surface area contributed by atoms with E-state index < -0.39 is 0 Å². The molecule has 0 N–H and O–H groups in total. The molecule has 0 bridgehead atoms. The molecule has 0 aliphatic carbocycles. The highest BCUT2D eigenvalue weighted by molar-refractivity contribution is 5.97. The third kappa shape index (κ3) is 2.98. The summed E-state index contributed by atoms with van der Waals surface area (Å²) in [6.45, 7) is 8.33. The van der Waals surface area contributed by atoms with Gasteiger partial charge in [-0.2, -0.15) is 0 Å². The van der Waals surface area contributed by atoms with Crippen LogP contribution in [0.25, 0.3) is 0 Å². The molecule has 0 radical (unpaired) electrons. The molecule has 1 heteroatoms. The van der Waals surface area contributed by atoms with E-state index in [0.29, 0.717) is 6.42 Å². The minimum absolute atomic E-state index is 0.243. The van der Waals surface area contributed by atoms with E-state index in [1.807, 2.05) is 19.1 Å². The molecule has 0 unspecified atom stereocenters. The van der Waals surface area contributed by atoms with Crippen LogP contribution in [0.4, 0.5) is 0 Å². The zero-order chi connectivity index (χ0) is 14.7. The van der Waals surface area contributed by atoms with Crippen LogP contribution in [0, 0.1) is 27.7 Å². The standard InChI is InChI=1S/C19H22O/c1-13-7-5-9-17(15(13)3)11-12-19(20)18-10-6-8-14(2)16(18)4/h5-10H,11-12H2,1-4H3. The van der Waals surface area contributed by atoms with E-state index in [2.05, 4.69) is 45.0 Å². The fraction of sp³-hybridized carbons (Fsp3) is 0.316. The number of carbonyl (C=O) groups excluding carboxylic acids is 1. The third-order valence-electron chi connectivity index (χ3n) is 4.24. The van der Waals surface area contributed by atoms with E-state index in [4.69, 9.17) is 0 Å². The Bertz CT molecular complexity index is 638. The van der Waals surface area contributed by atoms with Gasteiger partial charge in [0.15, 0.2) is 5.78 Å². The second kappa shape index (κ2) is 6.04. The summed E-state index contributed by atoms with van der Waals surface area (Å²) in [5.41, 5.74) is 7.04. The molecule has 2 aromatic carbocycles. The van der Waals surface area contributed by atoms with Crippen molar-refractivity contribution in [3.63, 3.8) is 0 Å². The Kier molecular flexibility index (Phi) is 4.39. The highest BCUT2D eigenvalue weighted by Crippen LogP contribution is 2.18. The van der Waals surface area contributed by atoms with Crippen LogP contribution in [0.15, 0.2) is 36.4 Å². The molecule has 0 aliphatic heterocycles. The topological polar surface area (TPSA) is 17.1 Å². The van der Waals surface area contributed by atoms with Gasteiger partial charge in [-0.3, -0.25) is 4.79 Å². The number of hydrogen-bond donors (Lipinski definition) is 0. The lowest BCUT2D eigenvalue weighted by Crippen LogP contribution is -2.05. The van der Waals surface area contributed by atoms with E-state index in [1.165, 1.54) is 22.3 Å². The second-order valence-electron chi connectivity index (χ2n) is 5.53. The fourth-order valence-electron chi connectivity index (χ4n) is 2.52. The summed E-state index contributed by atoms with van der Waals surface area (Å²) in [5, 5.41) is 0. The van der Waals surface area contributed by atoms with Gasteiger partial charge in [-0.05, 0) is 61.9 Å². The molecular formula is C19H22O. The van der Waals surface area contributed by atoms with Crippen LogP contribution in [0.1, 0.15) is 44.6 Å². The minimum Gasteiger partial charge on any atom is -0.294 e. The Morgan fingerprint density at radius 1 is 0.850 bits per heavy atom. The van der Waals surface area contributed by atoms with E-state index in [9.17, 15) is 4.79 Å². The molecule has 0 spiro atoms. The van der Waals surface area contributed by atoms with Crippen LogP contribution < -0.4 is 0 Å². The molecule has 2 rings (SSSR count). The van der Waals surface area contributed by atoms with Crippen LogP contribution >= 0.6 is 0 Å². The van der Waals surface area contributed by atoms with Crippen molar-refractivity contribution in [1.82, 2.24) is 0 Å². The largest absolute Gasteiger partial charge is 0.294 e. The Hall–Kier alpha value is -1.89. The van der Waals surface area contributed by atoms with Crippen molar-refractivity contribution >= 4 is 5.78 Å². The molecule has 104 valence electrons. The first-order valence-corrected chi connectivity index (χ1v) is 7.15. The number of carbonyl (C=O) groups is 1. The van der Waals surface area contributed by atoms with Crippen molar-refractivity contribution in [2.75, 3.05) is 0 Å². The quantitative estimate of drug-likeness (QED) is 0.731. The summed E-state index contributed by atoms with van der Waals surface area (Å²) in [4.78, 5) is 12.4. The fourth-order valence-corrected chi connectivity index (χ4v) is 2.52. The third-order valence-corrected chi connectivity index (χ3v) is 4.24. The van der Waals surface area contributed by atoms with Crippen LogP contribution in [0.3, 0.4) is 0 Å². The van der Waals surface area contributed by atoms with Gasteiger partial charge in [-0.15, -0.1) is 0 Å². The first-order valence-electron chi connectivity index (χ1n) is 7.15. The normalized spacial score (nSPS) is 10.6. The van der Waals surface area contributed by atoms with Gasteiger partial charge < -0.3 is 0 Å². The molecule has 0 saturated heterocycles. The van der Waals surface area contributed by atoms with Gasteiger partial charge in [0, 0.05) is 12.0 Å². The van der Waals surface area contributed by atoms with Gasteiger partial charge in [-0.25, -0.2) is 0 Å². The molecule has 0 fully saturated rings. The van der Waals surface area contributed by atoms with Gasteiger partial charge >= 0.3 is 0 Å². The maximum atomic E-state index is 12.4. The van der Waals surface area contributed by atoms with E-state index in [-0.39, 0.29) is 5.78 Å². The zero-order valence-corrected chi connectivity index (χ0v) is 12.8. The Balaban J connectivity index is 2.13. The zero-order valence-electron chi connectivity index (χ0n) is 12.8. The summed E-state index contributed by atoms with van der Waals surface area (Å²) in [5.74, 6) is 0.243. The summed E-state index contributed by atoms with van der Waals surface area (Å²) in [6.07, 6.45) is 1.40. The molecule has 1 nitrogen and oxygen atoms in total. The number of ketones is 1. The number of rotatable bonds is 4. The van der Waals surface area contributed by atoms with Crippen molar-refractivity contribution in [3.8, 4) is 0 Å². The molecule has 0 aromatic heterocycles. The molecule has 20 heavy (non-hydrogen) atoms. The predicted molar refractivity (Wildman–Crippen MR) is 84.5 cm³/mol. The number of Topliss-reactive ketones (excluding diaryl/α,β-unsaturated/α-hetero) is 1. The van der Waals surface area contributed by atoms with Crippen molar-refractivity contribution in [2.45, 2.75) is 40.5 Å². The Morgan fingerprint density at radius 2 is 1.45 bits per heavy atom. The van der Waals surface area contributed by atoms with Crippen molar-refractivity contribution in [3.05, 3.63) is 69.8 Å². The first kappa shape index (κ1) is 14.5. The number of aryl methyl sites for hydroxylation is 3. The van der Waals surface area contributed by atoms with Crippen molar-refractivity contribution < 1.29 is 4.79 Å². The van der Waals surface area contributed by atoms with Gasteiger partial charge in [0.05, 0.1) is 0 Å². The highest BCUT2D eigenvalue weighted by atomic mass is 16.1. The molecular weight excluding hydrogens is 244 g/mol. The first-order chi connectivity index (χ1) is 9.50. The summed E-state index contributed by atoms with van der Waals surface area (Å²) in [7, 11) is 0. The van der Waals surface area contributed by atoms with Crippen molar-refractivity contribution in [1.29, 1.82) is 0 Å². The van der Waals surface area contributed by atoms with Gasteiger partial charge in [-0.1, -0.05) is 36.4 Å². The van der Waals surface area contributed by atoms with Crippen LogP contribution in [0.2, 0.25) is 0 Å². The lowest BCUT2D eigenvalue weighted by molar-refractivity contribution is 0.0982. The smallest absolute Gasteiger partial charge is 0.163 e. The van der Waals surface area contributed by atoms with Crippen LogP contribution in [-0.4, -0.2) is 5.78 Å². The van der Waals surface area contributed by atoms with Crippen molar-refractivity contribution in [2.24, 2.45) is 0 Å². The molecule has 2 aromatic rings. The lowest BCUT2D eigenvalue weighted by atomic mass is 9.94. The lowest BCUT2D eigenvalue weighted by Gasteiger charge is -2.10. The number of benzene rings is 2. The maximum Gasteiger partial charge on any atom is 0.163 e. The van der Waals surface area contributed by atoms with Crippen LogP contribution in [-0.2, 0) is 6.42 Å². The monoisotopic (exact) mass is 266 g/mol. The van der Waals surface area contributed by atoms with Gasteiger partial charge in [0.25, 0.3) is 0 Å². The SMILES string of the molecule is Cc1cccc(CCC(=O)c2cccc(C)c2C)c1C. The average Bonchev–Trinajstić information content (AvgIpc) is 2.43. The van der Waals surface area contributed by atoms with Crippen LogP contribution in [0.5, 0.6) is 0 Å². The van der Waals surface area contributed by atoms with E-state index >= 15 is 0 Å². The molecule has 0 amide bonds. The van der Waals surface area contributed by atoms with Gasteiger partial charge in [0.2, 0.25) is 0 Å². The Labute approximate surface area is 121 Å². The molecule has 0 aliphatic rings. The average molecular weight is 266 g/mol. The van der Waals surface area contributed by atoms with Gasteiger partial charge in [0.1, 0.15) is 0 Å². The highest BCUT2D eigenvalue weighted by Gasteiger charge is 2.11. The van der Waals surface area contributed by atoms with E-state index in [0.717, 1.165) is 17.5 Å². The molecule has 0 heterocycles. The summed E-state index contributed by atoms with van der Waals surface area (Å²) < 4.78 is 0. The minimum atomic E-state index is 0.243. The molecule has 0 atom stereocenters. The van der Waals surface area contributed by atoms with E-state index in [1.54, 1.807) is 0 Å². The summed E-state index contributed by atoms with van der Waals surface area (Å²) >= 11 is 0. The second-order valence-corrected chi connectivity index (χ2v) is 5.53. The summed E-state index contributed by atoms with van der Waals surface area (Å²) in [6, 6.07) is 12.3.